The van der Waals surface area contributed by atoms with Gasteiger partial charge in [-0.25, -0.2) is 9.82 Å². The highest BCUT2D eigenvalue weighted by Gasteiger charge is 2.36. The third-order valence-electron chi connectivity index (χ3n) is 5.33. The molecular formula is C19H24FN5O. The van der Waals surface area contributed by atoms with Gasteiger partial charge in [-0.1, -0.05) is 26.0 Å². The Labute approximate surface area is 152 Å². The van der Waals surface area contributed by atoms with Crippen molar-refractivity contribution in [3.63, 3.8) is 0 Å². The summed E-state index contributed by atoms with van der Waals surface area (Å²) in [7, 11) is 0. The van der Waals surface area contributed by atoms with Crippen LogP contribution in [-0.2, 0) is 24.4 Å². The summed E-state index contributed by atoms with van der Waals surface area (Å²) in [5.41, 5.74) is 9.52. The third kappa shape index (κ3) is 3.24. The first kappa shape index (κ1) is 17.2. The van der Waals surface area contributed by atoms with Crippen LogP contribution in [0.2, 0.25) is 0 Å². The van der Waals surface area contributed by atoms with E-state index in [1.165, 1.54) is 12.1 Å². The van der Waals surface area contributed by atoms with E-state index in [0.717, 1.165) is 23.2 Å². The second-order valence-corrected chi connectivity index (χ2v) is 7.52. The number of nitrogens with zero attached hydrogens (tertiary/aromatic N) is 3. The summed E-state index contributed by atoms with van der Waals surface area (Å²) in [5, 5.41) is 4.44. The lowest BCUT2D eigenvalue weighted by Crippen LogP contribution is -2.44. The van der Waals surface area contributed by atoms with Crippen LogP contribution >= 0.6 is 0 Å². The highest BCUT2D eigenvalue weighted by molar-refractivity contribution is 5.82. The Morgan fingerprint density at radius 1 is 1.27 bits per heavy atom. The number of nitrogens with one attached hydrogen (secondary N) is 2. The van der Waals surface area contributed by atoms with Crippen molar-refractivity contribution in [1.82, 2.24) is 25.5 Å². The van der Waals surface area contributed by atoms with Gasteiger partial charge in [0.2, 0.25) is 5.91 Å². The average molecular weight is 357 g/mol. The Bertz CT molecular complexity index is 801. The van der Waals surface area contributed by atoms with Crippen LogP contribution < -0.4 is 10.9 Å². The van der Waals surface area contributed by atoms with Gasteiger partial charge in [0.05, 0.1) is 25.0 Å². The highest BCUT2D eigenvalue weighted by atomic mass is 19.1. The first-order chi connectivity index (χ1) is 12.5. The minimum Gasteiger partial charge on any atom is -0.331 e. The fourth-order valence-corrected chi connectivity index (χ4v) is 3.66. The SMILES string of the molecule is CC(C)C1CC(C(=O)N2Cc3cnn(Cc4ccc(F)cc4)c3C2)NN1. The molecule has 0 radical (unpaired) electrons. The number of aromatic nitrogens is 2. The van der Waals surface area contributed by atoms with Crippen molar-refractivity contribution >= 4 is 5.91 Å². The van der Waals surface area contributed by atoms with E-state index in [-0.39, 0.29) is 17.8 Å². The van der Waals surface area contributed by atoms with E-state index in [4.69, 9.17) is 0 Å². The second kappa shape index (κ2) is 6.81. The van der Waals surface area contributed by atoms with Gasteiger partial charge in [0.15, 0.2) is 0 Å². The van der Waals surface area contributed by atoms with Gasteiger partial charge >= 0.3 is 0 Å². The number of hydrogen-bond acceptors (Lipinski definition) is 4. The molecule has 1 aromatic heterocycles. The molecule has 2 aliphatic heterocycles. The first-order valence-electron chi connectivity index (χ1n) is 9.09. The largest absolute Gasteiger partial charge is 0.331 e. The quantitative estimate of drug-likeness (QED) is 0.876. The lowest BCUT2D eigenvalue weighted by molar-refractivity contribution is -0.133. The molecule has 1 fully saturated rings. The van der Waals surface area contributed by atoms with Gasteiger partial charge in [-0.3, -0.25) is 14.9 Å². The third-order valence-corrected chi connectivity index (χ3v) is 5.33. The van der Waals surface area contributed by atoms with E-state index in [9.17, 15) is 9.18 Å². The minimum absolute atomic E-state index is 0.130. The maximum absolute atomic E-state index is 13.1. The number of halogens is 1. The number of rotatable bonds is 4. The van der Waals surface area contributed by atoms with Crippen molar-refractivity contribution in [3.05, 3.63) is 53.1 Å². The molecule has 2 atom stereocenters. The number of hydrazine groups is 1. The Morgan fingerprint density at radius 3 is 2.73 bits per heavy atom. The van der Waals surface area contributed by atoms with Crippen molar-refractivity contribution in [1.29, 1.82) is 0 Å². The molecule has 1 aromatic carbocycles. The summed E-state index contributed by atoms with van der Waals surface area (Å²) in [6.07, 6.45) is 2.65. The number of carbonyl (C=O) groups excluding carboxylic acids is 1. The van der Waals surface area contributed by atoms with Crippen LogP contribution in [0, 0.1) is 11.7 Å². The molecule has 0 bridgehead atoms. The molecule has 1 saturated heterocycles. The normalized spacial score (nSPS) is 22.2. The second-order valence-electron chi connectivity index (χ2n) is 7.52. The molecule has 7 heteroatoms. The summed E-state index contributed by atoms with van der Waals surface area (Å²) >= 11 is 0. The van der Waals surface area contributed by atoms with Crippen molar-refractivity contribution in [2.24, 2.45) is 5.92 Å². The molecule has 2 N–H and O–H groups in total. The van der Waals surface area contributed by atoms with Gasteiger partial charge in [0.25, 0.3) is 0 Å². The van der Waals surface area contributed by atoms with Gasteiger partial charge in [-0.2, -0.15) is 5.10 Å². The maximum Gasteiger partial charge on any atom is 0.241 e. The van der Waals surface area contributed by atoms with Crippen molar-refractivity contribution in [2.45, 2.75) is 52.0 Å². The molecular weight excluding hydrogens is 333 g/mol. The van der Waals surface area contributed by atoms with Crippen molar-refractivity contribution in [2.75, 3.05) is 0 Å². The predicted octanol–water partition coefficient (Wildman–Crippen LogP) is 1.80. The molecule has 2 aliphatic rings. The van der Waals surface area contributed by atoms with E-state index in [0.29, 0.717) is 31.6 Å². The smallest absolute Gasteiger partial charge is 0.241 e. The Kier molecular flexibility index (Phi) is 4.50. The number of hydrogen-bond donors (Lipinski definition) is 2. The van der Waals surface area contributed by atoms with Crippen molar-refractivity contribution in [3.8, 4) is 0 Å². The van der Waals surface area contributed by atoms with Crippen LogP contribution in [0.25, 0.3) is 0 Å². The number of amides is 1. The van der Waals surface area contributed by atoms with E-state index >= 15 is 0 Å². The summed E-state index contributed by atoms with van der Waals surface area (Å²) in [4.78, 5) is 14.7. The lowest BCUT2D eigenvalue weighted by atomic mass is 9.99. The monoisotopic (exact) mass is 357 g/mol. The zero-order valence-electron chi connectivity index (χ0n) is 15.1. The van der Waals surface area contributed by atoms with E-state index in [1.807, 2.05) is 15.8 Å². The number of fused-ring (bicyclic) bond motifs is 1. The van der Waals surface area contributed by atoms with Crippen LogP contribution in [-0.4, -0.2) is 32.7 Å². The first-order valence-corrected chi connectivity index (χ1v) is 9.09. The Balaban J connectivity index is 1.42. The highest BCUT2D eigenvalue weighted by Crippen LogP contribution is 2.25. The predicted molar refractivity (Wildman–Crippen MR) is 95.3 cm³/mol. The topological polar surface area (TPSA) is 62.2 Å². The molecule has 2 unspecified atom stereocenters. The molecule has 138 valence electrons. The standard InChI is InChI=1S/C19H24FN5O/c1-12(2)16-7-17(23-22-16)19(26)24-10-14-8-21-25(18(14)11-24)9-13-3-5-15(20)6-4-13/h3-6,8,12,16-17,22-23H,7,9-11H2,1-2H3. The summed E-state index contributed by atoms with van der Waals surface area (Å²) < 4.78 is 15.0. The Morgan fingerprint density at radius 2 is 2.04 bits per heavy atom. The molecule has 3 heterocycles. The lowest BCUT2D eigenvalue weighted by Gasteiger charge is -2.20. The van der Waals surface area contributed by atoms with Gasteiger partial charge in [-0.15, -0.1) is 0 Å². The zero-order valence-corrected chi connectivity index (χ0v) is 15.1. The van der Waals surface area contributed by atoms with Gasteiger partial charge in [-0.05, 0) is 30.0 Å². The minimum atomic E-state index is -0.242. The molecule has 6 nitrogen and oxygen atoms in total. The fourth-order valence-electron chi connectivity index (χ4n) is 3.66. The number of benzene rings is 1. The molecule has 0 spiro atoms. The van der Waals surface area contributed by atoms with E-state index in [2.05, 4.69) is 29.8 Å². The summed E-state index contributed by atoms with van der Waals surface area (Å²) in [5.74, 6) is 0.374. The van der Waals surface area contributed by atoms with Crippen LogP contribution in [0.15, 0.2) is 30.5 Å². The van der Waals surface area contributed by atoms with Gasteiger partial charge in [0.1, 0.15) is 11.9 Å². The molecule has 2 aromatic rings. The molecule has 0 saturated carbocycles. The van der Waals surface area contributed by atoms with Crippen LogP contribution in [0.5, 0.6) is 0 Å². The molecule has 4 rings (SSSR count). The van der Waals surface area contributed by atoms with Crippen molar-refractivity contribution < 1.29 is 9.18 Å². The molecule has 0 aliphatic carbocycles. The summed E-state index contributed by atoms with van der Waals surface area (Å²) in [6, 6.07) is 6.59. The van der Waals surface area contributed by atoms with Gasteiger partial charge < -0.3 is 4.90 Å². The zero-order chi connectivity index (χ0) is 18.3. The van der Waals surface area contributed by atoms with Crippen LogP contribution in [0.4, 0.5) is 4.39 Å². The average Bonchev–Trinajstić information content (AvgIpc) is 3.33. The van der Waals surface area contributed by atoms with Crippen LogP contribution in [0.1, 0.15) is 37.1 Å². The molecule has 1 amide bonds. The number of carbonyl (C=O) groups is 1. The van der Waals surface area contributed by atoms with Crippen LogP contribution in [0.3, 0.4) is 0 Å². The Hall–Kier alpha value is -2.25. The summed E-state index contributed by atoms with van der Waals surface area (Å²) in [6.45, 7) is 6.06. The molecule has 26 heavy (non-hydrogen) atoms. The van der Waals surface area contributed by atoms with Gasteiger partial charge in [0, 0.05) is 18.2 Å². The van der Waals surface area contributed by atoms with E-state index in [1.54, 1.807) is 12.1 Å². The van der Waals surface area contributed by atoms with E-state index < -0.39 is 0 Å². The maximum atomic E-state index is 13.1. The fraction of sp³-hybridized carbons (Fsp3) is 0.474.